The highest BCUT2D eigenvalue weighted by Gasteiger charge is 2.25. The van der Waals surface area contributed by atoms with Gasteiger partial charge >= 0.3 is 0 Å². The van der Waals surface area contributed by atoms with Crippen LogP contribution in [0.4, 0.5) is 0 Å². The molecule has 4 nitrogen and oxygen atoms in total. The van der Waals surface area contributed by atoms with Crippen molar-refractivity contribution < 1.29 is 9.53 Å². The summed E-state index contributed by atoms with van der Waals surface area (Å²) in [5.74, 6) is 0.0262. The molecule has 2 aromatic carbocycles. The van der Waals surface area contributed by atoms with Crippen LogP contribution < -0.4 is 5.32 Å². The van der Waals surface area contributed by atoms with Crippen molar-refractivity contribution in [3.8, 4) is 0 Å². The van der Waals surface area contributed by atoms with Crippen LogP contribution in [-0.2, 0) is 9.53 Å². The minimum Gasteiger partial charge on any atom is -0.375 e. The fourth-order valence-electron chi connectivity index (χ4n) is 3.41. The summed E-state index contributed by atoms with van der Waals surface area (Å²) in [6.07, 6.45) is 0.345. The summed E-state index contributed by atoms with van der Waals surface area (Å²) in [4.78, 5) is 15.1. The lowest BCUT2D eigenvalue weighted by Crippen LogP contribution is -2.47. The Balaban J connectivity index is 1.68. The molecule has 1 unspecified atom stereocenters. The van der Waals surface area contributed by atoms with E-state index in [1.54, 1.807) is 0 Å². The van der Waals surface area contributed by atoms with Gasteiger partial charge in [0.25, 0.3) is 0 Å². The topological polar surface area (TPSA) is 41.6 Å². The fraction of sp³-hybridized carbons (Fsp3) is 0.409. The number of rotatable bonds is 6. The Hall–Kier alpha value is -2.17. The van der Waals surface area contributed by atoms with Gasteiger partial charge in [0.1, 0.15) is 0 Å². The molecular formula is C22H28N2O2. The van der Waals surface area contributed by atoms with Gasteiger partial charge in [-0.2, -0.15) is 0 Å². The molecule has 0 radical (unpaired) electrons. The highest BCUT2D eigenvalue weighted by atomic mass is 16.5. The standard InChI is InChI=1S/C22H28N2O2/c1-17(2)24-13-14-26-20(16-24)15-21(25)23-22(18-9-5-3-6-10-18)19-11-7-4-8-12-19/h3-12,17,20,22H,13-16H2,1-2H3,(H,23,25). The predicted octanol–water partition coefficient (Wildman–Crippen LogP) is 3.39. The number of nitrogens with one attached hydrogen (secondary N) is 1. The zero-order chi connectivity index (χ0) is 18.4. The molecule has 1 aliphatic heterocycles. The van der Waals surface area contributed by atoms with E-state index in [0.29, 0.717) is 19.1 Å². The minimum absolute atomic E-state index is 0.0262. The Bertz CT molecular complexity index is 648. The molecular weight excluding hydrogens is 324 g/mol. The molecule has 1 amide bonds. The van der Waals surface area contributed by atoms with Crippen LogP contribution in [0, 0.1) is 0 Å². The lowest BCUT2D eigenvalue weighted by atomic mass is 9.98. The van der Waals surface area contributed by atoms with Crippen molar-refractivity contribution in [2.24, 2.45) is 0 Å². The van der Waals surface area contributed by atoms with Crippen LogP contribution in [0.2, 0.25) is 0 Å². The lowest BCUT2D eigenvalue weighted by molar-refractivity contribution is -0.127. The molecule has 1 saturated heterocycles. The maximum Gasteiger partial charge on any atom is 0.223 e. The third kappa shape index (κ3) is 4.93. The van der Waals surface area contributed by atoms with Gasteiger partial charge in [0.15, 0.2) is 0 Å². The number of hydrogen-bond acceptors (Lipinski definition) is 3. The first-order chi connectivity index (χ1) is 12.6. The zero-order valence-corrected chi connectivity index (χ0v) is 15.6. The van der Waals surface area contributed by atoms with E-state index >= 15 is 0 Å². The molecule has 1 heterocycles. The van der Waals surface area contributed by atoms with Gasteiger partial charge in [-0.05, 0) is 25.0 Å². The van der Waals surface area contributed by atoms with Gasteiger partial charge < -0.3 is 10.1 Å². The average Bonchev–Trinajstić information content (AvgIpc) is 2.67. The molecule has 1 atom stereocenters. The van der Waals surface area contributed by atoms with Crippen LogP contribution >= 0.6 is 0 Å². The first-order valence-electron chi connectivity index (χ1n) is 9.38. The van der Waals surface area contributed by atoms with E-state index in [1.807, 2.05) is 36.4 Å². The number of carbonyl (C=O) groups is 1. The number of morpholine rings is 1. The van der Waals surface area contributed by atoms with Gasteiger partial charge in [-0.15, -0.1) is 0 Å². The number of nitrogens with zero attached hydrogens (tertiary/aromatic N) is 1. The van der Waals surface area contributed by atoms with Crippen LogP contribution in [0.15, 0.2) is 60.7 Å². The Morgan fingerprint density at radius 2 is 1.65 bits per heavy atom. The van der Waals surface area contributed by atoms with E-state index in [1.165, 1.54) is 0 Å². The third-order valence-electron chi connectivity index (χ3n) is 4.88. The SMILES string of the molecule is CC(C)N1CCOC(CC(=O)NC(c2ccccc2)c2ccccc2)C1. The second-order valence-corrected chi connectivity index (χ2v) is 7.11. The van der Waals surface area contributed by atoms with Crippen molar-refractivity contribution in [2.45, 2.75) is 38.5 Å². The molecule has 4 heteroatoms. The molecule has 138 valence electrons. The average molecular weight is 352 g/mol. The van der Waals surface area contributed by atoms with Crippen molar-refractivity contribution >= 4 is 5.91 Å². The second kappa shape index (κ2) is 8.97. The number of carbonyl (C=O) groups excluding carboxylic acids is 1. The molecule has 26 heavy (non-hydrogen) atoms. The summed E-state index contributed by atoms with van der Waals surface area (Å²) in [5, 5.41) is 3.20. The summed E-state index contributed by atoms with van der Waals surface area (Å²) < 4.78 is 5.82. The zero-order valence-electron chi connectivity index (χ0n) is 15.6. The Morgan fingerprint density at radius 3 is 2.19 bits per heavy atom. The number of hydrogen-bond donors (Lipinski definition) is 1. The Labute approximate surface area is 156 Å². The van der Waals surface area contributed by atoms with E-state index in [2.05, 4.69) is 48.3 Å². The predicted molar refractivity (Wildman–Crippen MR) is 104 cm³/mol. The van der Waals surface area contributed by atoms with E-state index < -0.39 is 0 Å². The van der Waals surface area contributed by atoms with Gasteiger partial charge in [0, 0.05) is 19.1 Å². The van der Waals surface area contributed by atoms with Crippen LogP contribution in [0.25, 0.3) is 0 Å². The first kappa shape index (κ1) is 18.6. The monoisotopic (exact) mass is 352 g/mol. The van der Waals surface area contributed by atoms with Crippen LogP contribution in [0.3, 0.4) is 0 Å². The molecule has 0 aromatic heterocycles. The summed E-state index contributed by atoms with van der Waals surface area (Å²) >= 11 is 0. The second-order valence-electron chi connectivity index (χ2n) is 7.11. The maximum atomic E-state index is 12.7. The van der Waals surface area contributed by atoms with Gasteiger partial charge in [0.05, 0.1) is 25.2 Å². The smallest absolute Gasteiger partial charge is 0.223 e. The van der Waals surface area contributed by atoms with Crippen molar-refractivity contribution in [1.82, 2.24) is 10.2 Å². The first-order valence-corrected chi connectivity index (χ1v) is 9.38. The van der Waals surface area contributed by atoms with Crippen molar-refractivity contribution in [3.63, 3.8) is 0 Å². The van der Waals surface area contributed by atoms with Crippen molar-refractivity contribution in [2.75, 3.05) is 19.7 Å². The number of benzene rings is 2. The fourth-order valence-corrected chi connectivity index (χ4v) is 3.41. The molecule has 1 fully saturated rings. The van der Waals surface area contributed by atoms with Crippen molar-refractivity contribution in [3.05, 3.63) is 71.8 Å². The minimum atomic E-state index is -0.144. The van der Waals surface area contributed by atoms with Gasteiger partial charge in [-0.3, -0.25) is 9.69 Å². The van der Waals surface area contributed by atoms with E-state index in [9.17, 15) is 4.79 Å². The van der Waals surface area contributed by atoms with Crippen molar-refractivity contribution in [1.29, 1.82) is 0 Å². The molecule has 1 aliphatic rings. The largest absolute Gasteiger partial charge is 0.375 e. The molecule has 0 aliphatic carbocycles. The molecule has 2 aromatic rings. The van der Waals surface area contributed by atoms with Gasteiger partial charge in [-0.25, -0.2) is 0 Å². The summed E-state index contributed by atoms with van der Waals surface area (Å²) in [6, 6.07) is 20.5. The van der Waals surface area contributed by atoms with E-state index in [4.69, 9.17) is 4.74 Å². The quantitative estimate of drug-likeness (QED) is 0.866. The Morgan fingerprint density at radius 1 is 1.08 bits per heavy atom. The lowest BCUT2D eigenvalue weighted by Gasteiger charge is -2.35. The van der Waals surface area contributed by atoms with E-state index in [0.717, 1.165) is 24.2 Å². The third-order valence-corrected chi connectivity index (χ3v) is 4.88. The number of amides is 1. The Kier molecular flexibility index (Phi) is 6.42. The highest BCUT2D eigenvalue weighted by molar-refractivity contribution is 5.77. The van der Waals surface area contributed by atoms with Crippen LogP contribution in [0.5, 0.6) is 0 Å². The summed E-state index contributed by atoms with van der Waals surface area (Å²) in [7, 11) is 0. The maximum absolute atomic E-state index is 12.7. The number of ether oxygens (including phenoxy) is 1. The molecule has 0 bridgehead atoms. The molecule has 3 rings (SSSR count). The normalized spacial score (nSPS) is 18.2. The van der Waals surface area contributed by atoms with Crippen LogP contribution in [0.1, 0.15) is 37.4 Å². The van der Waals surface area contributed by atoms with Gasteiger partial charge in [-0.1, -0.05) is 60.7 Å². The molecule has 0 saturated carbocycles. The summed E-state index contributed by atoms with van der Waals surface area (Å²) in [5.41, 5.74) is 2.17. The van der Waals surface area contributed by atoms with Gasteiger partial charge in [0.2, 0.25) is 5.91 Å². The molecule has 0 spiro atoms. The van der Waals surface area contributed by atoms with Crippen LogP contribution in [-0.4, -0.2) is 42.6 Å². The summed E-state index contributed by atoms with van der Waals surface area (Å²) in [6.45, 7) is 6.81. The highest BCUT2D eigenvalue weighted by Crippen LogP contribution is 2.22. The van der Waals surface area contributed by atoms with E-state index in [-0.39, 0.29) is 18.1 Å². The molecule has 1 N–H and O–H groups in total.